The molecule has 4 rings (SSSR count). The van der Waals surface area contributed by atoms with E-state index in [9.17, 15) is 0 Å². The van der Waals surface area contributed by atoms with Crippen LogP contribution in [0.1, 0.15) is 72.9 Å². The van der Waals surface area contributed by atoms with E-state index in [2.05, 4.69) is 102 Å². The Hall–Kier alpha value is -0.132. The maximum absolute atomic E-state index is 3.10. The topological polar surface area (TPSA) is 0 Å². The molecule has 0 aliphatic heterocycles. The second kappa shape index (κ2) is 21.0. The first-order valence-corrected chi connectivity index (χ1v) is 12.1. The molecule has 0 spiro atoms. The van der Waals surface area contributed by atoms with E-state index in [1.807, 2.05) is 26.0 Å². The van der Waals surface area contributed by atoms with Gasteiger partial charge in [-0.25, -0.2) is 0 Å². The summed E-state index contributed by atoms with van der Waals surface area (Å²) in [5.74, 6) is 2.04. The van der Waals surface area contributed by atoms with Gasteiger partial charge in [0.2, 0.25) is 0 Å². The summed E-state index contributed by atoms with van der Waals surface area (Å²) in [6.45, 7) is 17.1. The largest absolute Gasteiger partial charge is 0.180 e. The Kier molecular flexibility index (Phi) is 22.3. The molecule has 0 atom stereocenters. The number of aryl methyl sites for hydroxylation is 6. The van der Waals surface area contributed by atoms with Crippen LogP contribution in [-0.4, -0.2) is 0 Å². The molecule has 34 heavy (non-hydrogen) atoms. The van der Waals surface area contributed by atoms with Gasteiger partial charge in [-0.2, -0.15) is 70.8 Å². The molecule has 0 nitrogen and oxygen atoms in total. The van der Waals surface area contributed by atoms with Gasteiger partial charge in [-0.3, -0.25) is 0 Å². The number of rotatable bonds is 0. The molecule has 2 radical (unpaired) electrons. The van der Waals surface area contributed by atoms with Crippen molar-refractivity contribution in [2.24, 2.45) is 11.8 Å². The van der Waals surface area contributed by atoms with Crippen molar-refractivity contribution in [1.29, 1.82) is 0 Å². The van der Waals surface area contributed by atoms with Crippen LogP contribution in [0.3, 0.4) is 0 Å². The minimum atomic E-state index is 0. The Bertz CT molecular complexity index is 665. The van der Waals surface area contributed by atoms with E-state index in [4.69, 9.17) is 0 Å². The molecular weight excluding hydrogens is 562 g/mol. The molecule has 3 aromatic rings. The van der Waals surface area contributed by atoms with E-state index in [-0.39, 0.29) is 65.4 Å². The van der Waals surface area contributed by atoms with Crippen LogP contribution in [0.25, 0.3) is 0 Å². The van der Waals surface area contributed by atoms with Gasteiger partial charge in [-0.15, -0.1) is 0 Å². The monoisotopic (exact) mass is 606 g/mol. The van der Waals surface area contributed by atoms with Crippen molar-refractivity contribution in [3.8, 4) is 0 Å². The predicted octanol–water partition coefficient (Wildman–Crippen LogP) is 9.34. The van der Waals surface area contributed by atoms with Crippen molar-refractivity contribution >= 4 is 0 Å². The molecule has 0 unspecified atom stereocenters. The SMILES string of the molecule is CC1CCC(C)CC1.Cc1[c-]cc(C)cc1.Cc1[c-]cc(C)cc1.Cc1ccc(C)cc1.[Y].[Y]. The van der Waals surface area contributed by atoms with Crippen molar-refractivity contribution in [2.45, 2.75) is 81.1 Å². The first-order valence-electron chi connectivity index (χ1n) is 12.1. The Morgan fingerprint density at radius 1 is 0.471 bits per heavy atom. The van der Waals surface area contributed by atoms with Crippen LogP contribution in [0, 0.1) is 65.5 Å². The maximum atomic E-state index is 3.10. The zero-order valence-corrected chi connectivity index (χ0v) is 28.6. The van der Waals surface area contributed by atoms with Gasteiger partial charge < -0.3 is 0 Å². The first kappa shape index (κ1) is 36.0. The third-order valence-electron chi connectivity index (χ3n) is 5.77. The van der Waals surface area contributed by atoms with E-state index in [0.717, 1.165) is 11.8 Å². The van der Waals surface area contributed by atoms with E-state index < -0.39 is 0 Å². The quantitative estimate of drug-likeness (QED) is 0.224. The van der Waals surface area contributed by atoms with Gasteiger partial charge in [0.1, 0.15) is 0 Å². The smallest absolute Gasteiger partial charge is 0 e. The van der Waals surface area contributed by atoms with Crippen LogP contribution in [0.2, 0.25) is 0 Å². The zero-order chi connectivity index (χ0) is 23.9. The zero-order valence-electron chi connectivity index (χ0n) is 22.9. The van der Waals surface area contributed by atoms with Gasteiger partial charge >= 0.3 is 0 Å². The molecule has 0 aromatic heterocycles. The van der Waals surface area contributed by atoms with Crippen molar-refractivity contribution in [3.63, 3.8) is 0 Å². The minimum Gasteiger partial charge on any atom is -0.180 e. The van der Waals surface area contributed by atoms with Crippen LogP contribution < -0.4 is 0 Å². The fraction of sp³-hybridized carbons (Fsp3) is 0.438. The molecule has 0 amide bonds. The van der Waals surface area contributed by atoms with E-state index in [0.29, 0.717) is 0 Å². The van der Waals surface area contributed by atoms with Crippen LogP contribution in [0.4, 0.5) is 0 Å². The fourth-order valence-corrected chi connectivity index (χ4v) is 3.22. The molecular formula is C32H44Y2-2. The summed E-state index contributed by atoms with van der Waals surface area (Å²) in [6.07, 6.45) is 5.89. The summed E-state index contributed by atoms with van der Waals surface area (Å²) >= 11 is 0. The standard InChI is InChI=1S/C8H16.C8H10.2C8H9.2Y/c4*1-7-3-5-8(2)6-4-7;;/h7-8H,3-6H2,1-2H3;3-6H,1-2H3;2*3-5H,1-2H3;;/q;;2*-1;;. The maximum Gasteiger partial charge on any atom is 0 e. The second-order valence-corrected chi connectivity index (χ2v) is 9.62. The number of hydrogen-bond acceptors (Lipinski definition) is 0. The molecule has 180 valence electrons. The normalized spacial score (nSPS) is 15.9. The Morgan fingerprint density at radius 2 is 0.735 bits per heavy atom. The van der Waals surface area contributed by atoms with Gasteiger partial charge in [0.15, 0.2) is 0 Å². The third-order valence-corrected chi connectivity index (χ3v) is 5.77. The molecule has 2 heteroatoms. The average Bonchev–Trinajstić information content (AvgIpc) is 2.78. The van der Waals surface area contributed by atoms with Crippen LogP contribution in [0.15, 0.2) is 60.7 Å². The molecule has 1 fully saturated rings. The van der Waals surface area contributed by atoms with Crippen LogP contribution >= 0.6 is 0 Å². The van der Waals surface area contributed by atoms with Crippen molar-refractivity contribution in [1.82, 2.24) is 0 Å². The average molecular weight is 607 g/mol. The molecule has 0 heterocycles. The van der Waals surface area contributed by atoms with E-state index in [1.165, 1.54) is 59.1 Å². The van der Waals surface area contributed by atoms with Gasteiger partial charge in [0.25, 0.3) is 0 Å². The minimum absolute atomic E-state index is 0. The van der Waals surface area contributed by atoms with Gasteiger partial charge in [-0.1, -0.05) is 103 Å². The summed E-state index contributed by atoms with van der Waals surface area (Å²) < 4.78 is 0. The summed E-state index contributed by atoms with van der Waals surface area (Å²) in [4.78, 5) is 0. The third kappa shape index (κ3) is 19.1. The predicted molar refractivity (Wildman–Crippen MR) is 142 cm³/mol. The second-order valence-electron chi connectivity index (χ2n) is 9.62. The summed E-state index contributed by atoms with van der Waals surface area (Å²) in [5.41, 5.74) is 7.61. The molecule has 1 aliphatic carbocycles. The van der Waals surface area contributed by atoms with Crippen LogP contribution in [-0.2, 0) is 65.4 Å². The summed E-state index contributed by atoms with van der Waals surface area (Å²) in [7, 11) is 0. The Labute approximate surface area is 261 Å². The van der Waals surface area contributed by atoms with Gasteiger partial charge in [-0.05, 0) is 25.7 Å². The molecule has 0 saturated heterocycles. The number of hydrogen-bond donors (Lipinski definition) is 0. The van der Waals surface area contributed by atoms with Crippen molar-refractivity contribution in [3.05, 3.63) is 106 Å². The van der Waals surface area contributed by atoms with Gasteiger partial charge in [0.05, 0.1) is 0 Å². The Balaban J connectivity index is 0. The van der Waals surface area contributed by atoms with Gasteiger partial charge in [0, 0.05) is 65.4 Å². The van der Waals surface area contributed by atoms with E-state index >= 15 is 0 Å². The fourth-order valence-electron chi connectivity index (χ4n) is 3.22. The van der Waals surface area contributed by atoms with Crippen molar-refractivity contribution in [2.75, 3.05) is 0 Å². The molecule has 1 saturated carbocycles. The summed E-state index contributed by atoms with van der Waals surface area (Å²) in [6, 6.07) is 27.0. The first-order chi connectivity index (χ1) is 15.2. The summed E-state index contributed by atoms with van der Waals surface area (Å²) in [5, 5.41) is 0. The Morgan fingerprint density at radius 3 is 0.941 bits per heavy atom. The molecule has 0 bridgehead atoms. The van der Waals surface area contributed by atoms with Crippen molar-refractivity contribution < 1.29 is 65.4 Å². The van der Waals surface area contributed by atoms with Crippen LogP contribution in [0.5, 0.6) is 0 Å². The molecule has 1 aliphatic rings. The molecule has 3 aromatic carbocycles. The number of benzene rings is 3. The van der Waals surface area contributed by atoms with E-state index in [1.54, 1.807) is 0 Å². The molecule has 0 N–H and O–H groups in total.